The van der Waals surface area contributed by atoms with E-state index in [9.17, 15) is 9.90 Å². The van der Waals surface area contributed by atoms with Crippen molar-refractivity contribution in [2.45, 2.75) is 71.3 Å². The highest BCUT2D eigenvalue weighted by atomic mass is 16.3. The third-order valence-corrected chi connectivity index (χ3v) is 4.62. The number of nitrogens with zero attached hydrogens (tertiary/aromatic N) is 2. The average Bonchev–Trinajstić information content (AvgIpc) is 2.82. The number of carbonyl (C=O) groups excluding carboxylic acids is 1. The van der Waals surface area contributed by atoms with E-state index in [0.717, 1.165) is 31.5 Å². The van der Waals surface area contributed by atoms with Gasteiger partial charge >= 0.3 is 0 Å². The topological polar surface area (TPSA) is 43.8 Å². The highest BCUT2D eigenvalue weighted by molar-refractivity contribution is 5.99. The van der Waals surface area contributed by atoms with Crippen LogP contribution in [-0.2, 0) is 4.79 Å². The molecule has 4 heteroatoms. The van der Waals surface area contributed by atoms with Crippen molar-refractivity contribution in [1.29, 1.82) is 0 Å². The van der Waals surface area contributed by atoms with Gasteiger partial charge in [0.2, 0.25) is 5.78 Å². The zero-order valence-corrected chi connectivity index (χ0v) is 15.5. The van der Waals surface area contributed by atoms with Crippen LogP contribution in [-0.4, -0.2) is 39.9 Å². The van der Waals surface area contributed by atoms with E-state index in [0.29, 0.717) is 12.2 Å². The van der Waals surface area contributed by atoms with Gasteiger partial charge in [0.05, 0.1) is 12.6 Å². The van der Waals surface area contributed by atoms with Gasteiger partial charge in [-0.15, -0.1) is 0 Å². The SMILES string of the molecule is C=CN(C=C)C1=C(C)N(CCCCCCCCCC(C)O)CC1=O. The Hall–Kier alpha value is -1.55. The summed E-state index contributed by atoms with van der Waals surface area (Å²) >= 11 is 0. The lowest BCUT2D eigenvalue weighted by Crippen LogP contribution is -2.22. The number of unbranched alkanes of at least 4 members (excludes halogenated alkanes) is 6. The van der Waals surface area contributed by atoms with Crippen molar-refractivity contribution in [2.24, 2.45) is 0 Å². The Morgan fingerprint density at radius 1 is 1.12 bits per heavy atom. The molecule has 0 aliphatic carbocycles. The second kappa shape index (κ2) is 11.1. The lowest BCUT2D eigenvalue weighted by atomic mass is 10.1. The van der Waals surface area contributed by atoms with Crippen molar-refractivity contribution in [3.8, 4) is 0 Å². The Labute approximate surface area is 147 Å². The molecule has 1 aliphatic rings. The van der Waals surface area contributed by atoms with E-state index in [-0.39, 0.29) is 11.9 Å². The molecule has 1 atom stereocenters. The summed E-state index contributed by atoms with van der Waals surface area (Å²) in [6, 6.07) is 0. The fourth-order valence-electron chi connectivity index (χ4n) is 3.18. The van der Waals surface area contributed by atoms with Gasteiger partial charge in [0, 0.05) is 24.6 Å². The van der Waals surface area contributed by atoms with Crippen LogP contribution in [0.3, 0.4) is 0 Å². The first-order chi connectivity index (χ1) is 11.5. The molecule has 4 nitrogen and oxygen atoms in total. The van der Waals surface area contributed by atoms with Crippen molar-refractivity contribution in [3.05, 3.63) is 37.0 Å². The van der Waals surface area contributed by atoms with Gasteiger partial charge in [-0.25, -0.2) is 0 Å². The minimum absolute atomic E-state index is 0.144. The van der Waals surface area contributed by atoms with Gasteiger partial charge in [0.15, 0.2) is 0 Å². The molecule has 0 spiro atoms. The van der Waals surface area contributed by atoms with Crippen LogP contribution < -0.4 is 0 Å². The van der Waals surface area contributed by atoms with Crippen LogP contribution in [0.1, 0.15) is 65.2 Å². The van der Waals surface area contributed by atoms with Gasteiger partial charge in [-0.3, -0.25) is 4.79 Å². The average molecular weight is 335 g/mol. The number of hydrogen-bond donors (Lipinski definition) is 1. The summed E-state index contributed by atoms with van der Waals surface area (Å²) < 4.78 is 0. The Morgan fingerprint density at radius 2 is 1.67 bits per heavy atom. The van der Waals surface area contributed by atoms with Crippen LogP contribution in [0.25, 0.3) is 0 Å². The fraction of sp³-hybridized carbons (Fsp3) is 0.650. The molecule has 1 heterocycles. The molecule has 0 radical (unpaired) electrons. The predicted octanol–water partition coefficient (Wildman–Crippen LogP) is 4.19. The van der Waals surface area contributed by atoms with Crippen molar-refractivity contribution in [3.63, 3.8) is 0 Å². The lowest BCUT2D eigenvalue weighted by molar-refractivity contribution is -0.115. The van der Waals surface area contributed by atoms with E-state index in [4.69, 9.17) is 0 Å². The highest BCUT2D eigenvalue weighted by Gasteiger charge is 2.28. The number of ketones is 1. The Morgan fingerprint density at radius 3 is 2.21 bits per heavy atom. The molecule has 0 aromatic rings. The van der Waals surface area contributed by atoms with Crippen LogP contribution in [0, 0.1) is 0 Å². The van der Waals surface area contributed by atoms with Gasteiger partial charge in [-0.1, -0.05) is 51.7 Å². The van der Waals surface area contributed by atoms with Gasteiger partial charge in [0.1, 0.15) is 5.70 Å². The van der Waals surface area contributed by atoms with Crippen molar-refractivity contribution < 1.29 is 9.90 Å². The third-order valence-electron chi connectivity index (χ3n) is 4.62. The Balaban J connectivity index is 2.21. The van der Waals surface area contributed by atoms with E-state index in [2.05, 4.69) is 18.1 Å². The molecule has 1 unspecified atom stereocenters. The number of carbonyl (C=O) groups is 1. The molecule has 0 aromatic heterocycles. The molecule has 1 aliphatic heterocycles. The van der Waals surface area contributed by atoms with E-state index >= 15 is 0 Å². The first-order valence-electron chi connectivity index (χ1n) is 9.21. The van der Waals surface area contributed by atoms with E-state index in [1.54, 1.807) is 17.3 Å². The van der Waals surface area contributed by atoms with E-state index in [1.807, 2.05) is 13.8 Å². The summed E-state index contributed by atoms with van der Waals surface area (Å²) in [5, 5.41) is 9.21. The van der Waals surface area contributed by atoms with Gasteiger partial charge in [0.25, 0.3) is 0 Å². The van der Waals surface area contributed by atoms with Gasteiger partial charge in [-0.05, 0) is 26.7 Å². The summed E-state index contributed by atoms with van der Waals surface area (Å²) in [6.07, 6.45) is 12.5. The van der Waals surface area contributed by atoms with Gasteiger partial charge < -0.3 is 14.9 Å². The van der Waals surface area contributed by atoms with Gasteiger partial charge in [-0.2, -0.15) is 0 Å². The largest absolute Gasteiger partial charge is 0.393 e. The molecular formula is C20H34N2O2. The first kappa shape index (κ1) is 20.5. The zero-order valence-electron chi connectivity index (χ0n) is 15.5. The summed E-state index contributed by atoms with van der Waals surface area (Å²) in [5.41, 5.74) is 1.73. The number of Topliss-reactive ketones (excluding diaryl/α,β-unsaturated/α-hetero) is 1. The number of rotatable bonds is 13. The Bertz CT molecular complexity index is 447. The number of aliphatic hydroxyl groups excluding tert-OH is 1. The minimum atomic E-state index is -0.160. The quantitative estimate of drug-likeness (QED) is 0.513. The number of aliphatic hydroxyl groups is 1. The van der Waals surface area contributed by atoms with Crippen LogP contribution in [0.4, 0.5) is 0 Å². The first-order valence-corrected chi connectivity index (χ1v) is 9.21. The zero-order chi connectivity index (χ0) is 17.9. The fourth-order valence-corrected chi connectivity index (χ4v) is 3.18. The normalized spacial score (nSPS) is 15.8. The lowest BCUT2D eigenvalue weighted by Gasteiger charge is -2.20. The smallest absolute Gasteiger partial charge is 0.200 e. The van der Waals surface area contributed by atoms with Crippen molar-refractivity contribution in [1.82, 2.24) is 9.80 Å². The molecule has 0 bridgehead atoms. The van der Waals surface area contributed by atoms with E-state index in [1.165, 1.54) is 32.1 Å². The third kappa shape index (κ3) is 6.52. The molecule has 0 saturated carbocycles. The Kier molecular flexibility index (Phi) is 9.46. The maximum absolute atomic E-state index is 12.2. The maximum atomic E-state index is 12.2. The summed E-state index contributed by atoms with van der Waals surface area (Å²) in [4.78, 5) is 16.1. The van der Waals surface area contributed by atoms with Crippen LogP contribution in [0.5, 0.6) is 0 Å². The second-order valence-electron chi connectivity index (χ2n) is 6.66. The van der Waals surface area contributed by atoms with E-state index < -0.39 is 0 Å². The highest BCUT2D eigenvalue weighted by Crippen LogP contribution is 2.24. The molecule has 0 saturated heterocycles. The van der Waals surface area contributed by atoms with Crippen molar-refractivity contribution in [2.75, 3.05) is 13.1 Å². The van der Waals surface area contributed by atoms with Crippen molar-refractivity contribution >= 4 is 5.78 Å². The summed E-state index contributed by atoms with van der Waals surface area (Å²) in [7, 11) is 0. The maximum Gasteiger partial charge on any atom is 0.200 e. The molecular weight excluding hydrogens is 300 g/mol. The molecule has 0 aromatic carbocycles. The number of hydrogen-bond acceptors (Lipinski definition) is 4. The molecule has 1 rings (SSSR count). The molecule has 0 amide bonds. The summed E-state index contributed by atoms with van der Waals surface area (Å²) in [6.45, 7) is 12.7. The molecule has 1 N–H and O–H groups in total. The monoisotopic (exact) mass is 334 g/mol. The summed E-state index contributed by atoms with van der Waals surface area (Å²) in [5.74, 6) is 0.144. The predicted molar refractivity (Wildman–Crippen MR) is 100 cm³/mol. The van der Waals surface area contributed by atoms with Crippen LogP contribution >= 0.6 is 0 Å². The number of allylic oxidation sites excluding steroid dienone is 1. The van der Waals surface area contributed by atoms with Crippen LogP contribution in [0.15, 0.2) is 37.0 Å². The molecule has 136 valence electrons. The second-order valence-corrected chi connectivity index (χ2v) is 6.66. The minimum Gasteiger partial charge on any atom is -0.393 e. The molecule has 24 heavy (non-hydrogen) atoms. The van der Waals surface area contributed by atoms with Crippen LogP contribution in [0.2, 0.25) is 0 Å². The standard InChI is InChI=1S/C20H34N2O2/c1-5-21(6-2)20-18(4)22(16-19(20)24)15-13-11-9-7-8-10-12-14-17(3)23/h5-6,17,23H,1-2,7-16H2,3-4H3. The molecule has 0 fully saturated rings.